The molecule has 0 saturated heterocycles. The molecule has 5 heteroatoms. The summed E-state index contributed by atoms with van der Waals surface area (Å²) in [5.41, 5.74) is 3.10. The number of fused-ring (bicyclic) bond motifs is 1. The number of hydrogen-bond donors (Lipinski definition) is 1. The Bertz CT molecular complexity index is 814. The highest BCUT2D eigenvalue weighted by molar-refractivity contribution is 6.05. The molecule has 5 nitrogen and oxygen atoms in total. The summed E-state index contributed by atoms with van der Waals surface area (Å²) >= 11 is 0. The van der Waals surface area contributed by atoms with Crippen LogP contribution >= 0.6 is 0 Å². The Morgan fingerprint density at radius 1 is 1.31 bits per heavy atom. The summed E-state index contributed by atoms with van der Waals surface area (Å²) < 4.78 is 5.47. The molecule has 0 spiro atoms. The van der Waals surface area contributed by atoms with Crippen molar-refractivity contribution in [3.05, 3.63) is 53.7 Å². The van der Waals surface area contributed by atoms with Crippen molar-refractivity contribution in [2.45, 2.75) is 46.1 Å². The molecule has 0 fully saturated rings. The standard InChI is InChI=1S/C21H26N2O3/c1-5-10-17-15(7-3)19(16-11-8-9-12-18(16)23-17)21(25)26-14(4)20(24)22-13-6-2/h6,8-9,11-12,14H,2,5,7,10,13H2,1,3-4H3,(H,22,24). The van der Waals surface area contributed by atoms with E-state index in [0.717, 1.165) is 35.0 Å². The van der Waals surface area contributed by atoms with E-state index >= 15 is 0 Å². The third kappa shape index (κ3) is 4.28. The fourth-order valence-electron chi connectivity index (χ4n) is 2.95. The van der Waals surface area contributed by atoms with Gasteiger partial charge in [-0.2, -0.15) is 0 Å². The average molecular weight is 354 g/mol. The Balaban J connectivity index is 2.44. The number of aromatic nitrogens is 1. The lowest BCUT2D eigenvalue weighted by atomic mass is 9.96. The second-order valence-electron chi connectivity index (χ2n) is 6.11. The average Bonchev–Trinajstić information content (AvgIpc) is 2.64. The van der Waals surface area contributed by atoms with Crippen LogP contribution in [-0.2, 0) is 22.4 Å². The number of pyridine rings is 1. The molecule has 0 aliphatic heterocycles. The molecule has 1 N–H and O–H groups in total. The van der Waals surface area contributed by atoms with E-state index in [1.165, 1.54) is 0 Å². The molecule has 138 valence electrons. The molecule has 1 aromatic heterocycles. The number of esters is 1. The Morgan fingerprint density at radius 2 is 2.04 bits per heavy atom. The maximum absolute atomic E-state index is 12.9. The summed E-state index contributed by atoms with van der Waals surface area (Å²) in [5, 5.41) is 3.40. The summed E-state index contributed by atoms with van der Waals surface area (Å²) in [7, 11) is 0. The summed E-state index contributed by atoms with van der Waals surface area (Å²) in [6, 6.07) is 7.54. The fraction of sp³-hybridized carbons (Fsp3) is 0.381. The molecule has 1 aromatic carbocycles. The fourth-order valence-corrected chi connectivity index (χ4v) is 2.95. The van der Waals surface area contributed by atoms with Crippen LogP contribution in [0.1, 0.15) is 48.8 Å². The molecule has 0 radical (unpaired) electrons. The van der Waals surface area contributed by atoms with E-state index in [9.17, 15) is 9.59 Å². The van der Waals surface area contributed by atoms with E-state index in [2.05, 4.69) is 18.8 Å². The highest BCUT2D eigenvalue weighted by atomic mass is 16.5. The number of carbonyl (C=O) groups is 2. The zero-order valence-corrected chi connectivity index (χ0v) is 15.7. The first-order chi connectivity index (χ1) is 12.5. The van der Waals surface area contributed by atoms with Crippen molar-refractivity contribution in [2.24, 2.45) is 0 Å². The summed E-state index contributed by atoms with van der Waals surface area (Å²) in [6.07, 6.45) is 3.11. The monoisotopic (exact) mass is 354 g/mol. The van der Waals surface area contributed by atoms with Gasteiger partial charge in [0.05, 0.1) is 11.1 Å². The van der Waals surface area contributed by atoms with E-state index in [1.807, 2.05) is 31.2 Å². The van der Waals surface area contributed by atoms with Crippen LogP contribution in [0.4, 0.5) is 0 Å². The van der Waals surface area contributed by atoms with E-state index in [4.69, 9.17) is 9.72 Å². The number of benzene rings is 1. The molecule has 1 heterocycles. The first kappa shape index (κ1) is 19.6. The van der Waals surface area contributed by atoms with Crippen LogP contribution in [0, 0.1) is 0 Å². The molecule has 1 unspecified atom stereocenters. The number of aryl methyl sites for hydroxylation is 1. The number of rotatable bonds is 8. The normalized spacial score (nSPS) is 11.8. The maximum Gasteiger partial charge on any atom is 0.339 e. The van der Waals surface area contributed by atoms with Gasteiger partial charge >= 0.3 is 5.97 Å². The van der Waals surface area contributed by atoms with Crippen LogP contribution in [0.5, 0.6) is 0 Å². The first-order valence-electron chi connectivity index (χ1n) is 9.03. The Hall–Kier alpha value is -2.69. The maximum atomic E-state index is 12.9. The van der Waals surface area contributed by atoms with E-state index in [1.54, 1.807) is 13.0 Å². The van der Waals surface area contributed by atoms with Gasteiger partial charge in [-0.25, -0.2) is 4.79 Å². The smallest absolute Gasteiger partial charge is 0.339 e. The van der Waals surface area contributed by atoms with Crippen molar-refractivity contribution in [2.75, 3.05) is 6.54 Å². The molecule has 1 atom stereocenters. The summed E-state index contributed by atoms with van der Waals surface area (Å²) in [4.78, 5) is 29.7. The van der Waals surface area contributed by atoms with Gasteiger partial charge in [-0.15, -0.1) is 6.58 Å². The molecule has 0 aliphatic carbocycles. The van der Waals surface area contributed by atoms with Gasteiger partial charge in [0.25, 0.3) is 5.91 Å². The molecule has 0 aliphatic rings. The number of nitrogens with one attached hydrogen (secondary N) is 1. The van der Waals surface area contributed by atoms with E-state index in [-0.39, 0.29) is 5.91 Å². The van der Waals surface area contributed by atoms with Gasteiger partial charge in [-0.05, 0) is 31.4 Å². The lowest BCUT2D eigenvalue weighted by molar-refractivity contribution is -0.128. The summed E-state index contributed by atoms with van der Waals surface area (Å²) in [6.45, 7) is 9.54. The Morgan fingerprint density at radius 3 is 2.69 bits per heavy atom. The third-order valence-corrected chi connectivity index (χ3v) is 4.20. The highest BCUT2D eigenvalue weighted by Gasteiger charge is 2.24. The minimum absolute atomic E-state index is 0.333. The third-order valence-electron chi connectivity index (χ3n) is 4.20. The van der Waals surface area contributed by atoms with Gasteiger partial charge < -0.3 is 10.1 Å². The Labute approximate surface area is 154 Å². The van der Waals surface area contributed by atoms with Crippen LogP contribution in [0.15, 0.2) is 36.9 Å². The molecule has 2 aromatic rings. The largest absolute Gasteiger partial charge is 0.449 e. The molecule has 0 saturated carbocycles. The van der Waals surface area contributed by atoms with Crippen LogP contribution in [0.2, 0.25) is 0 Å². The predicted octanol–water partition coefficient (Wildman–Crippen LogP) is 3.60. The Kier molecular flexibility index (Phi) is 6.89. The van der Waals surface area contributed by atoms with Gasteiger partial charge in [0.1, 0.15) is 0 Å². The van der Waals surface area contributed by atoms with Gasteiger partial charge in [0.15, 0.2) is 6.10 Å². The van der Waals surface area contributed by atoms with Crippen molar-refractivity contribution < 1.29 is 14.3 Å². The number of hydrogen-bond acceptors (Lipinski definition) is 4. The lowest BCUT2D eigenvalue weighted by Crippen LogP contribution is -2.36. The predicted molar refractivity (Wildman–Crippen MR) is 103 cm³/mol. The van der Waals surface area contributed by atoms with Crippen LogP contribution in [0.3, 0.4) is 0 Å². The number of carbonyl (C=O) groups excluding carboxylic acids is 2. The minimum Gasteiger partial charge on any atom is -0.449 e. The molecular formula is C21H26N2O3. The molecular weight excluding hydrogens is 328 g/mol. The van der Waals surface area contributed by atoms with Gasteiger partial charge in [0, 0.05) is 17.6 Å². The number of amides is 1. The minimum atomic E-state index is -0.881. The summed E-state index contributed by atoms with van der Waals surface area (Å²) in [5.74, 6) is -0.831. The number of ether oxygens (including phenoxy) is 1. The number of para-hydroxylation sites is 1. The molecule has 2 rings (SSSR count). The van der Waals surface area contributed by atoms with E-state index in [0.29, 0.717) is 18.5 Å². The zero-order valence-electron chi connectivity index (χ0n) is 15.7. The SMILES string of the molecule is C=CCNC(=O)C(C)OC(=O)c1c(CC)c(CCC)nc2ccccc12. The molecule has 26 heavy (non-hydrogen) atoms. The van der Waals surface area contributed by atoms with Crippen LogP contribution in [0.25, 0.3) is 10.9 Å². The van der Waals surface area contributed by atoms with Gasteiger partial charge in [-0.3, -0.25) is 9.78 Å². The van der Waals surface area contributed by atoms with E-state index < -0.39 is 12.1 Å². The second kappa shape index (κ2) is 9.13. The highest BCUT2D eigenvalue weighted by Crippen LogP contribution is 2.26. The zero-order chi connectivity index (χ0) is 19.1. The second-order valence-corrected chi connectivity index (χ2v) is 6.11. The number of nitrogens with zero attached hydrogens (tertiary/aromatic N) is 1. The van der Waals surface area contributed by atoms with Crippen molar-refractivity contribution in [1.82, 2.24) is 10.3 Å². The molecule has 0 bridgehead atoms. The van der Waals surface area contributed by atoms with Crippen molar-refractivity contribution in [3.8, 4) is 0 Å². The lowest BCUT2D eigenvalue weighted by Gasteiger charge is -2.18. The quantitative estimate of drug-likeness (QED) is 0.581. The van der Waals surface area contributed by atoms with Gasteiger partial charge in [0.2, 0.25) is 0 Å². The van der Waals surface area contributed by atoms with Crippen LogP contribution in [-0.4, -0.2) is 29.5 Å². The van der Waals surface area contributed by atoms with Gasteiger partial charge in [-0.1, -0.05) is 44.5 Å². The van der Waals surface area contributed by atoms with Crippen molar-refractivity contribution >= 4 is 22.8 Å². The molecule has 1 amide bonds. The van der Waals surface area contributed by atoms with Crippen molar-refractivity contribution in [3.63, 3.8) is 0 Å². The van der Waals surface area contributed by atoms with Crippen molar-refractivity contribution in [1.29, 1.82) is 0 Å². The first-order valence-corrected chi connectivity index (χ1v) is 9.03. The van der Waals surface area contributed by atoms with Crippen LogP contribution < -0.4 is 5.32 Å². The topological polar surface area (TPSA) is 68.3 Å².